The van der Waals surface area contributed by atoms with Crippen molar-refractivity contribution in [1.82, 2.24) is 0 Å². The number of rotatable bonds is 1. The summed E-state index contributed by atoms with van der Waals surface area (Å²) < 4.78 is 5.15. The number of carbonyl (C=O) groups excluding carboxylic acids is 1. The van der Waals surface area contributed by atoms with Gasteiger partial charge in [0.25, 0.3) is 0 Å². The van der Waals surface area contributed by atoms with Crippen LogP contribution in [0.1, 0.15) is 19.8 Å². The minimum atomic E-state index is 0.303. The highest BCUT2D eigenvalue weighted by molar-refractivity contribution is 5.95. The van der Waals surface area contributed by atoms with Crippen LogP contribution < -0.4 is 0 Å². The quantitative estimate of drug-likeness (QED) is 0.530. The van der Waals surface area contributed by atoms with Gasteiger partial charge in [-0.2, -0.15) is 0 Å². The Kier molecular flexibility index (Phi) is 1.57. The first-order valence-corrected chi connectivity index (χ1v) is 4.09. The molecule has 1 unspecified atom stereocenters. The summed E-state index contributed by atoms with van der Waals surface area (Å²) >= 11 is 0. The van der Waals surface area contributed by atoms with Crippen LogP contribution in [0.5, 0.6) is 0 Å². The largest absolute Gasteiger partial charge is 0.373 e. The van der Waals surface area contributed by atoms with Gasteiger partial charge in [0.1, 0.15) is 0 Å². The van der Waals surface area contributed by atoms with Crippen molar-refractivity contribution in [1.29, 1.82) is 0 Å². The molecule has 0 saturated carbocycles. The second kappa shape index (κ2) is 2.45. The number of Topliss-reactive ketones (excluding diaryl/α,β-unsaturated/α-hetero) is 1. The molecule has 60 valence electrons. The summed E-state index contributed by atoms with van der Waals surface area (Å²) in [5.74, 6) is 0.781. The Morgan fingerprint density at radius 3 is 2.91 bits per heavy atom. The molecule has 2 heteroatoms. The van der Waals surface area contributed by atoms with Crippen molar-refractivity contribution in [3.05, 3.63) is 11.6 Å². The van der Waals surface area contributed by atoms with Crippen LogP contribution in [-0.4, -0.2) is 18.5 Å². The zero-order valence-electron chi connectivity index (χ0n) is 6.67. The third kappa shape index (κ3) is 1.36. The summed E-state index contributed by atoms with van der Waals surface area (Å²) in [7, 11) is 0. The van der Waals surface area contributed by atoms with Gasteiger partial charge < -0.3 is 4.74 Å². The first-order chi connectivity index (χ1) is 5.27. The SMILES string of the molecule is CC1=CC[C@@H](C2CO2)CC1=O. The van der Waals surface area contributed by atoms with Crippen molar-refractivity contribution >= 4 is 5.78 Å². The van der Waals surface area contributed by atoms with E-state index >= 15 is 0 Å². The lowest BCUT2D eigenvalue weighted by Crippen LogP contribution is -2.18. The van der Waals surface area contributed by atoms with Crippen molar-refractivity contribution in [2.24, 2.45) is 5.92 Å². The lowest BCUT2D eigenvalue weighted by Gasteiger charge is -2.16. The Hall–Kier alpha value is -0.630. The Bertz CT molecular complexity index is 214. The Labute approximate surface area is 66.2 Å². The number of epoxide rings is 1. The Morgan fingerprint density at radius 2 is 2.36 bits per heavy atom. The van der Waals surface area contributed by atoms with Gasteiger partial charge in [-0.3, -0.25) is 4.79 Å². The minimum Gasteiger partial charge on any atom is -0.373 e. The van der Waals surface area contributed by atoms with Gasteiger partial charge >= 0.3 is 0 Å². The molecule has 0 aromatic rings. The summed E-state index contributed by atoms with van der Waals surface area (Å²) in [5, 5.41) is 0. The highest BCUT2D eigenvalue weighted by atomic mass is 16.6. The number of hydrogen-bond donors (Lipinski definition) is 0. The van der Waals surface area contributed by atoms with Crippen LogP contribution in [-0.2, 0) is 9.53 Å². The van der Waals surface area contributed by atoms with E-state index < -0.39 is 0 Å². The van der Waals surface area contributed by atoms with Gasteiger partial charge in [0.2, 0.25) is 0 Å². The molecule has 1 aliphatic carbocycles. The summed E-state index contributed by atoms with van der Waals surface area (Å²) in [4.78, 5) is 11.2. The van der Waals surface area contributed by atoms with E-state index in [1.165, 1.54) is 0 Å². The van der Waals surface area contributed by atoms with Gasteiger partial charge in [-0.1, -0.05) is 6.08 Å². The Balaban J connectivity index is 2.04. The molecule has 0 amide bonds. The maximum atomic E-state index is 11.2. The first kappa shape index (κ1) is 7.04. The number of hydrogen-bond acceptors (Lipinski definition) is 2. The van der Waals surface area contributed by atoms with Gasteiger partial charge in [0.05, 0.1) is 12.7 Å². The van der Waals surface area contributed by atoms with Gasteiger partial charge in [0.15, 0.2) is 5.78 Å². The van der Waals surface area contributed by atoms with Crippen LogP contribution in [0.3, 0.4) is 0 Å². The third-order valence-corrected chi connectivity index (χ3v) is 2.50. The molecule has 0 spiro atoms. The van der Waals surface area contributed by atoms with Gasteiger partial charge in [-0.15, -0.1) is 0 Å². The molecule has 2 rings (SSSR count). The van der Waals surface area contributed by atoms with Crippen molar-refractivity contribution in [3.63, 3.8) is 0 Å². The fourth-order valence-electron chi connectivity index (χ4n) is 1.54. The average Bonchev–Trinajstić information content (AvgIpc) is 2.77. The summed E-state index contributed by atoms with van der Waals surface area (Å²) in [5.41, 5.74) is 0.932. The summed E-state index contributed by atoms with van der Waals surface area (Å²) in [6, 6.07) is 0. The molecule has 11 heavy (non-hydrogen) atoms. The normalized spacial score (nSPS) is 36.8. The van der Waals surface area contributed by atoms with Gasteiger partial charge in [0, 0.05) is 6.42 Å². The van der Waals surface area contributed by atoms with Crippen LogP contribution in [0, 0.1) is 5.92 Å². The molecular formula is C9H12O2. The second-order valence-corrected chi connectivity index (χ2v) is 3.38. The van der Waals surface area contributed by atoms with Crippen LogP contribution in [0.15, 0.2) is 11.6 Å². The van der Waals surface area contributed by atoms with Crippen molar-refractivity contribution in [2.75, 3.05) is 6.61 Å². The van der Waals surface area contributed by atoms with E-state index in [2.05, 4.69) is 0 Å². The number of carbonyl (C=O) groups is 1. The van der Waals surface area contributed by atoms with Crippen LogP contribution >= 0.6 is 0 Å². The molecule has 1 heterocycles. The van der Waals surface area contributed by atoms with Gasteiger partial charge in [-0.25, -0.2) is 0 Å². The topological polar surface area (TPSA) is 29.6 Å². The fourth-order valence-corrected chi connectivity index (χ4v) is 1.54. The molecule has 0 aromatic heterocycles. The molecular weight excluding hydrogens is 140 g/mol. The van der Waals surface area contributed by atoms with Gasteiger partial charge in [-0.05, 0) is 24.8 Å². The molecule has 1 aliphatic heterocycles. The highest BCUT2D eigenvalue weighted by Crippen LogP contribution is 2.30. The maximum Gasteiger partial charge on any atom is 0.158 e. The molecule has 0 radical (unpaired) electrons. The molecule has 1 saturated heterocycles. The van der Waals surface area contributed by atoms with E-state index in [-0.39, 0.29) is 0 Å². The maximum absolute atomic E-state index is 11.2. The first-order valence-electron chi connectivity index (χ1n) is 4.09. The number of allylic oxidation sites excluding steroid dienone is 2. The molecule has 0 aromatic carbocycles. The smallest absolute Gasteiger partial charge is 0.158 e. The van der Waals surface area contributed by atoms with Crippen molar-refractivity contribution in [2.45, 2.75) is 25.9 Å². The van der Waals surface area contributed by atoms with E-state index in [4.69, 9.17) is 4.74 Å². The van der Waals surface area contributed by atoms with E-state index in [1.54, 1.807) is 0 Å². The third-order valence-electron chi connectivity index (χ3n) is 2.50. The van der Waals surface area contributed by atoms with E-state index in [9.17, 15) is 4.79 Å². The predicted octanol–water partition coefficient (Wildman–Crippen LogP) is 1.31. The summed E-state index contributed by atoms with van der Waals surface area (Å²) in [6.45, 7) is 2.76. The predicted molar refractivity (Wildman–Crippen MR) is 41.2 cm³/mol. The lowest BCUT2D eigenvalue weighted by atomic mass is 9.87. The average molecular weight is 152 g/mol. The monoisotopic (exact) mass is 152 g/mol. The molecule has 0 N–H and O–H groups in total. The van der Waals surface area contributed by atoms with Crippen LogP contribution in [0.2, 0.25) is 0 Å². The van der Waals surface area contributed by atoms with E-state index in [0.29, 0.717) is 24.2 Å². The molecule has 2 aliphatic rings. The number of ketones is 1. The van der Waals surface area contributed by atoms with E-state index in [0.717, 1.165) is 18.6 Å². The number of ether oxygens (including phenoxy) is 1. The van der Waals surface area contributed by atoms with Crippen LogP contribution in [0.4, 0.5) is 0 Å². The van der Waals surface area contributed by atoms with E-state index in [1.807, 2.05) is 13.0 Å². The molecule has 2 atom stereocenters. The van der Waals surface area contributed by atoms with Crippen molar-refractivity contribution in [3.8, 4) is 0 Å². The van der Waals surface area contributed by atoms with Crippen LogP contribution in [0.25, 0.3) is 0 Å². The van der Waals surface area contributed by atoms with Crippen molar-refractivity contribution < 1.29 is 9.53 Å². The minimum absolute atomic E-state index is 0.303. The highest BCUT2D eigenvalue weighted by Gasteiger charge is 2.35. The lowest BCUT2D eigenvalue weighted by molar-refractivity contribution is -0.117. The standard InChI is InChI=1S/C9H12O2/c1-6-2-3-7(4-8(6)10)9-5-11-9/h2,7,9H,3-5H2,1H3/t7-,9?/m1/s1. The zero-order valence-corrected chi connectivity index (χ0v) is 6.67. The molecule has 2 nitrogen and oxygen atoms in total. The zero-order chi connectivity index (χ0) is 7.84. The summed E-state index contributed by atoms with van der Waals surface area (Å²) in [6.07, 6.45) is 4.16. The molecule has 0 bridgehead atoms. The molecule has 1 fully saturated rings. The Morgan fingerprint density at radius 1 is 1.64 bits per heavy atom. The fraction of sp³-hybridized carbons (Fsp3) is 0.667. The second-order valence-electron chi connectivity index (χ2n) is 3.38.